The number of hydrogen-bond donors (Lipinski definition) is 0. The number of sulfonamides is 1. The number of carbonyl (C=O) groups is 2. The summed E-state index contributed by atoms with van der Waals surface area (Å²) in [5.41, 5.74) is 1.15. The second kappa shape index (κ2) is 11.7. The highest BCUT2D eigenvalue weighted by Gasteiger charge is 2.46. The molecule has 1 fully saturated rings. The Labute approximate surface area is 222 Å². The lowest BCUT2D eigenvalue weighted by atomic mass is 10.1. The molecule has 0 aliphatic carbocycles. The van der Waals surface area contributed by atoms with E-state index < -0.39 is 27.9 Å². The molecule has 2 amide bonds. The first-order valence-corrected chi connectivity index (χ1v) is 13.6. The van der Waals surface area contributed by atoms with Gasteiger partial charge in [0.2, 0.25) is 15.9 Å². The zero-order chi connectivity index (χ0) is 27.3. The fourth-order valence-electron chi connectivity index (χ4n) is 4.42. The van der Waals surface area contributed by atoms with Crippen LogP contribution in [0.3, 0.4) is 0 Å². The van der Waals surface area contributed by atoms with Gasteiger partial charge in [0, 0.05) is 6.54 Å². The van der Waals surface area contributed by atoms with Crippen LogP contribution in [0, 0.1) is 0 Å². The Hall–Kier alpha value is -3.89. The highest BCUT2D eigenvalue weighted by atomic mass is 32.2. The molecule has 1 atom stereocenters. The fraction of sp³-hybridized carbons (Fsp3) is 0.286. The van der Waals surface area contributed by atoms with E-state index in [0.29, 0.717) is 29.5 Å². The van der Waals surface area contributed by atoms with E-state index in [1.54, 1.807) is 54.6 Å². The third kappa shape index (κ3) is 5.51. The van der Waals surface area contributed by atoms with E-state index in [1.807, 2.05) is 13.0 Å². The molecule has 3 aromatic rings. The first-order valence-electron chi connectivity index (χ1n) is 12.2. The molecule has 4 rings (SSSR count). The van der Waals surface area contributed by atoms with Gasteiger partial charge < -0.3 is 14.2 Å². The van der Waals surface area contributed by atoms with Crippen molar-refractivity contribution in [2.24, 2.45) is 0 Å². The Balaban J connectivity index is 1.65. The van der Waals surface area contributed by atoms with Crippen molar-refractivity contribution in [2.45, 2.75) is 30.7 Å². The zero-order valence-corrected chi connectivity index (χ0v) is 22.3. The highest BCUT2D eigenvalue weighted by Crippen LogP contribution is 2.32. The maximum Gasteiger partial charge on any atom is 0.252 e. The summed E-state index contributed by atoms with van der Waals surface area (Å²) in [5, 5.41) is 0. The molecule has 0 radical (unpaired) electrons. The average molecular weight is 539 g/mol. The van der Waals surface area contributed by atoms with Gasteiger partial charge >= 0.3 is 0 Å². The normalized spacial score (nSPS) is 15.7. The minimum Gasteiger partial charge on any atom is -0.494 e. The summed E-state index contributed by atoms with van der Waals surface area (Å²) in [4.78, 5) is 27.7. The molecule has 10 heteroatoms. The molecule has 0 bridgehead atoms. The molecular weight excluding hydrogens is 508 g/mol. The molecule has 1 unspecified atom stereocenters. The van der Waals surface area contributed by atoms with Gasteiger partial charge in [-0.05, 0) is 67.4 Å². The number of benzene rings is 3. The molecule has 38 heavy (non-hydrogen) atoms. The second-order valence-electron chi connectivity index (χ2n) is 8.58. The summed E-state index contributed by atoms with van der Waals surface area (Å²) < 4.78 is 44.7. The molecule has 0 N–H and O–H groups in total. The van der Waals surface area contributed by atoms with Gasteiger partial charge in [-0.3, -0.25) is 9.59 Å². The number of ether oxygens (including phenoxy) is 3. The van der Waals surface area contributed by atoms with Crippen LogP contribution in [0.25, 0.3) is 0 Å². The molecule has 0 spiro atoms. The maximum absolute atomic E-state index is 13.8. The predicted octanol–water partition coefficient (Wildman–Crippen LogP) is 3.67. The summed E-state index contributed by atoms with van der Waals surface area (Å²) in [6, 6.07) is 18.6. The van der Waals surface area contributed by atoms with E-state index in [4.69, 9.17) is 14.2 Å². The van der Waals surface area contributed by atoms with Gasteiger partial charge in [0.25, 0.3) is 5.91 Å². The van der Waals surface area contributed by atoms with Crippen LogP contribution in [0.1, 0.15) is 18.9 Å². The van der Waals surface area contributed by atoms with Crippen LogP contribution >= 0.6 is 0 Å². The number of hydrogen-bond acceptors (Lipinski definition) is 7. The van der Waals surface area contributed by atoms with Gasteiger partial charge in [0.1, 0.15) is 11.8 Å². The molecule has 0 saturated carbocycles. The summed E-state index contributed by atoms with van der Waals surface area (Å²) in [7, 11) is -1.05. The van der Waals surface area contributed by atoms with Crippen molar-refractivity contribution in [3.63, 3.8) is 0 Å². The Morgan fingerprint density at radius 3 is 2.24 bits per heavy atom. The van der Waals surface area contributed by atoms with Crippen LogP contribution in [-0.2, 0) is 26.0 Å². The third-order valence-corrected chi connectivity index (χ3v) is 8.22. The monoisotopic (exact) mass is 538 g/mol. The first kappa shape index (κ1) is 27.2. The molecule has 1 heterocycles. The van der Waals surface area contributed by atoms with E-state index in [2.05, 4.69) is 0 Å². The van der Waals surface area contributed by atoms with Crippen molar-refractivity contribution in [2.75, 3.05) is 32.3 Å². The van der Waals surface area contributed by atoms with Crippen molar-refractivity contribution in [3.8, 4) is 17.2 Å². The molecule has 200 valence electrons. The lowest BCUT2D eigenvalue weighted by Crippen LogP contribution is -2.46. The summed E-state index contributed by atoms with van der Waals surface area (Å²) in [6.45, 7) is 2.32. The summed E-state index contributed by atoms with van der Waals surface area (Å²) in [5.74, 6) is 0.605. The number of nitrogens with zero attached hydrogens (tertiary/aromatic N) is 2. The minimum absolute atomic E-state index is 0.0203. The number of amides is 2. The second-order valence-corrected chi connectivity index (χ2v) is 10.5. The number of imide groups is 1. The molecule has 1 aliphatic heterocycles. The average Bonchev–Trinajstić information content (AvgIpc) is 3.22. The van der Waals surface area contributed by atoms with Crippen LogP contribution in [0.2, 0.25) is 0 Å². The summed E-state index contributed by atoms with van der Waals surface area (Å²) in [6.07, 6.45) is 0.0253. The standard InChI is InChI=1S/C28H30N2O7S/c1-4-37-22-13-11-21(12-14-22)30-27(31)19-24(28(30)32)29(38(33,34)23-8-6-5-7-9-23)17-16-20-10-15-25(35-2)26(18-20)36-3/h5-15,18,24H,4,16-17,19H2,1-3H3. The first-order chi connectivity index (χ1) is 18.3. The van der Waals surface area contributed by atoms with Crippen molar-refractivity contribution in [1.82, 2.24) is 4.31 Å². The number of rotatable bonds is 11. The van der Waals surface area contributed by atoms with E-state index in [-0.39, 0.29) is 24.3 Å². The van der Waals surface area contributed by atoms with Crippen LogP contribution in [0.4, 0.5) is 5.69 Å². The maximum atomic E-state index is 13.8. The third-order valence-electron chi connectivity index (χ3n) is 6.29. The Morgan fingerprint density at radius 2 is 1.61 bits per heavy atom. The van der Waals surface area contributed by atoms with Crippen LogP contribution in [-0.4, -0.2) is 58.0 Å². The lowest BCUT2D eigenvalue weighted by Gasteiger charge is -2.27. The van der Waals surface area contributed by atoms with Crippen molar-refractivity contribution in [3.05, 3.63) is 78.4 Å². The number of methoxy groups -OCH3 is 2. The van der Waals surface area contributed by atoms with Crippen molar-refractivity contribution < 1.29 is 32.2 Å². The Morgan fingerprint density at radius 1 is 0.921 bits per heavy atom. The largest absolute Gasteiger partial charge is 0.494 e. The zero-order valence-electron chi connectivity index (χ0n) is 21.5. The molecule has 9 nitrogen and oxygen atoms in total. The molecule has 0 aromatic heterocycles. The van der Waals surface area contributed by atoms with E-state index in [0.717, 1.165) is 14.8 Å². The summed E-state index contributed by atoms with van der Waals surface area (Å²) >= 11 is 0. The van der Waals surface area contributed by atoms with Crippen molar-refractivity contribution in [1.29, 1.82) is 0 Å². The van der Waals surface area contributed by atoms with Gasteiger partial charge in [0.05, 0.1) is 37.8 Å². The van der Waals surface area contributed by atoms with Crippen LogP contribution in [0.5, 0.6) is 17.2 Å². The Bertz CT molecular complexity index is 1390. The number of carbonyl (C=O) groups excluding carboxylic acids is 2. The van der Waals surface area contributed by atoms with Crippen LogP contribution in [0.15, 0.2) is 77.7 Å². The Kier molecular flexibility index (Phi) is 8.33. The van der Waals surface area contributed by atoms with Gasteiger partial charge in [-0.2, -0.15) is 4.31 Å². The van der Waals surface area contributed by atoms with E-state index >= 15 is 0 Å². The molecule has 1 saturated heterocycles. The predicted molar refractivity (Wildman–Crippen MR) is 142 cm³/mol. The molecular formula is C28H30N2O7S. The van der Waals surface area contributed by atoms with Crippen LogP contribution < -0.4 is 19.1 Å². The molecule has 1 aliphatic rings. The van der Waals surface area contributed by atoms with Gasteiger partial charge in [0.15, 0.2) is 11.5 Å². The highest BCUT2D eigenvalue weighted by molar-refractivity contribution is 7.89. The van der Waals surface area contributed by atoms with E-state index in [1.165, 1.54) is 26.4 Å². The fourth-order valence-corrected chi connectivity index (χ4v) is 6.02. The lowest BCUT2D eigenvalue weighted by molar-refractivity contribution is -0.122. The topological polar surface area (TPSA) is 102 Å². The SMILES string of the molecule is CCOc1ccc(N2C(=O)CC(N(CCc3ccc(OC)c(OC)c3)S(=O)(=O)c3ccccc3)C2=O)cc1. The van der Waals surface area contributed by atoms with Gasteiger partial charge in [-0.15, -0.1) is 0 Å². The molecule has 3 aromatic carbocycles. The quantitative estimate of drug-likeness (QED) is 0.343. The van der Waals surface area contributed by atoms with Gasteiger partial charge in [-0.25, -0.2) is 13.3 Å². The van der Waals surface area contributed by atoms with Gasteiger partial charge in [-0.1, -0.05) is 24.3 Å². The van der Waals surface area contributed by atoms with E-state index in [9.17, 15) is 18.0 Å². The minimum atomic E-state index is -4.10. The smallest absolute Gasteiger partial charge is 0.252 e. The van der Waals surface area contributed by atoms with Crippen molar-refractivity contribution >= 4 is 27.5 Å². The number of anilines is 1.